The zero-order valence-corrected chi connectivity index (χ0v) is 17.8. The van der Waals surface area contributed by atoms with Crippen LogP contribution >= 0.6 is 0 Å². The van der Waals surface area contributed by atoms with Gasteiger partial charge < -0.3 is 14.8 Å². The normalized spacial score (nSPS) is 14.7. The number of nitrogens with zero attached hydrogens (tertiary/aromatic N) is 5. The van der Waals surface area contributed by atoms with Crippen LogP contribution in [0.5, 0.6) is 0 Å². The number of pyridine rings is 1. The summed E-state index contributed by atoms with van der Waals surface area (Å²) in [6, 6.07) is 10.4. The molecule has 10 heteroatoms. The van der Waals surface area contributed by atoms with Gasteiger partial charge in [-0.2, -0.15) is 0 Å². The van der Waals surface area contributed by atoms with Gasteiger partial charge in [-0.25, -0.2) is 13.5 Å². The molecule has 5 rings (SSSR count). The quantitative estimate of drug-likeness (QED) is 0.518. The molecule has 2 aromatic heterocycles. The molecule has 0 aliphatic carbocycles. The molecule has 3 heterocycles. The highest BCUT2D eigenvalue weighted by molar-refractivity contribution is 5.94. The zero-order valence-electron chi connectivity index (χ0n) is 17.8. The highest BCUT2D eigenvalue weighted by atomic mass is 19.2. The summed E-state index contributed by atoms with van der Waals surface area (Å²) in [6.07, 6.45) is 1.56. The molecule has 0 atom stereocenters. The lowest BCUT2D eigenvalue weighted by Crippen LogP contribution is -2.47. The maximum Gasteiger partial charge on any atom is 0.258 e. The van der Waals surface area contributed by atoms with Gasteiger partial charge in [0, 0.05) is 43.2 Å². The van der Waals surface area contributed by atoms with E-state index in [2.05, 4.69) is 20.2 Å². The minimum absolute atomic E-state index is 0.0136. The molecule has 1 aliphatic heterocycles. The van der Waals surface area contributed by atoms with Crippen molar-refractivity contribution in [1.29, 1.82) is 0 Å². The van der Waals surface area contributed by atoms with E-state index in [4.69, 9.17) is 0 Å². The first-order valence-corrected chi connectivity index (χ1v) is 10.4. The predicted octanol–water partition coefficient (Wildman–Crippen LogP) is 2.44. The number of carbonyl (C=O) groups excluding carboxylic acids is 1. The second-order valence-electron chi connectivity index (χ2n) is 8.06. The van der Waals surface area contributed by atoms with Crippen molar-refractivity contribution in [3.63, 3.8) is 0 Å². The summed E-state index contributed by atoms with van der Waals surface area (Å²) >= 11 is 0. The van der Waals surface area contributed by atoms with Crippen molar-refractivity contribution in [2.45, 2.75) is 0 Å². The molecule has 33 heavy (non-hydrogen) atoms. The molecule has 0 spiro atoms. The number of benzene rings is 2. The number of rotatable bonds is 3. The molecular formula is C23H20F2N6O2. The van der Waals surface area contributed by atoms with Crippen molar-refractivity contribution >= 4 is 16.8 Å². The number of carbonyl (C=O) groups is 1. The number of piperazine rings is 1. The molecule has 1 amide bonds. The van der Waals surface area contributed by atoms with Gasteiger partial charge in [-0.1, -0.05) is 5.21 Å². The molecule has 1 saturated heterocycles. The molecule has 1 N–H and O–H groups in total. The number of amides is 1. The van der Waals surface area contributed by atoms with E-state index in [0.717, 1.165) is 25.2 Å². The van der Waals surface area contributed by atoms with Crippen LogP contribution in [0.4, 0.5) is 8.78 Å². The van der Waals surface area contributed by atoms with E-state index in [0.29, 0.717) is 29.7 Å². The Balaban J connectivity index is 1.40. The van der Waals surface area contributed by atoms with Crippen LogP contribution in [0.15, 0.2) is 53.5 Å². The highest BCUT2D eigenvalue weighted by Crippen LogP contribution is 2.21. The molecule has 0 saturated carbocycles. The lowest BCUT2D eigenvalue weighted by Gasteiger charge is -2.32. The molecule has 8 nitrogen and oxygen atoms in total. The van der Waals surface area contributed by atoms with Gasteiger partial charge in [-0.15, -0.1) is 5.10 Å². The van der Waals surface area contributed by atoms with E-state index in [1.807, 2.05) is 11.9 Å². The first-order chi connectivity index (χ1) is 15.9. The highest BCUT2D eigenvalue weighted by Gasteiger charge is 2.20. The molecule has 168 valence electrons. The fraction of sp³-hybridized carbons (Fsp3) is 0.217. The van der Waals surface area contributed by atoms with Crippen molar-refractivity contribution < 1.29 is 13.6 Å². The number of fused-ring (bicyclic) bond motifs is 1. The summed E-state index contributed by atoms with van der Waals surface area (Å²) in [4.78, 5) is 31.8. The largest absolute Gasteiger partial charge is 0.336 e. The molecule has 0 unspecified atom stereocenters. The molecule has 0 radical (unpaired) electrons. The summed E-state index contributed by atoms with van der Waals surface area (Å²) < 4.78 is 28.5. The Bertz CT molecular complexity index is 1400. The first-order valence-electron chi connectivity index (χ1n) is 10.4. The van der Waals surface area contributed by atoms with Crippen LogP contribution in [0.25, 0.3) is 27.8 Å². The van der Waals surface area contributed by atoms with Crippen LogP contribution in [-0.4, -0.2) is 68.9 Å². The van der Waals surface area contributed by atoms with E-state index in [-0.39, 0.29) is 22.7 Å². The van der Waals surface area contributed by atoms with E-state index in [1.165, 1.54) is 10.7 Å². The van der Waals surface area contributed by atoms with Crippen LogP contribution in [0.3, 0.4) is 0 Å². The van der Waals surface area contributed by atoms with Gasteiger partial charge in [-0.3, -0.25) is 9.59 Å². The van der Waals surface area contributed by atoms with Gasteiger partial charge in [-0.05, 0) is 43.4 Å². The summed E-state index contributed by atoms with van der Waals surface area (Å²) in [5.74, 6) is -2.05. The monoisotopic (exact) mass is 450 g/mol. The third kappa shape index (κ3) is 4.00. The van der Waals surface area contributed by atoms with Crippen LogP contribution in [0, 0.1) is 11.6 Å². The Morgan fingerprint density at radius 3 is 2.42 bits per heavy atom. The second-order valence-corrected chi connectivity index (χ2v) is 8.06. The molecule has 1 aliphatic rings. The van der Waals surface area contributed by atoms with Crippen LogP contribution in [0.2, 0.25) is 0 Å². The summed E-state index contributed by atoms with van der Waals surface area (Å²) in [5, 5.41) is 8.46. The fourth-order valence-corrected chi connectivity index (χ4v) is 3.85. The van der Waals surface area contributed by atoms with Crippen LogP contribution < -0.4 is 5.56 Å². The van der Waals surface area contributed by atoms with Crippen molar-refractivity contribution in [3.05, 3.63) is 76.2 Å². The Morgan fingerprint density at radius 2 is 1.70 bits per heavy atom. The number of likely N-dealkylation sites (N-methyl/N-ethyl adjacent to an activating group) is 1. The fourth-order valence-electron chi connectivity index (χ4n) is 3.85. The minimum atomic E-state index is -1.04. The predicted molar refractivity (Wildman–Crippen MR) is 118 cm³/mol. The van der Waals surface area contributed by atoms with Crippen molar-refractivity contribution in [2.24, 2.45) is 0 Å². The smallest absolute Gasteiger partial charge is 0.258 e. The number of aromatic nitrogens is 4. The van der Waals surface area contributed by atoms with Crippen molar-refractivity contribution in [1.82, 2.24) is 29.8 Å². The van der Waals surface area contributed by atoms with E-state index in [9.17, 15) is 18.4 Å². The number of H-pyrrole nitrogens is 1. The molecule has 1 fully saturated rings. The topological polar surface area (TPSA) is 87.1 Å². The zero-order chi connectivity index (χ0) is 23.1. The first kappa shape index (κ1) is 21.0. The molecular weight excluding hydrogens is 430 g/mol. The number of nitrogens with one attached hydrogen (secondary N) is 1. The SMILES string of the molecule is CN1CCN(C(=O)c2ccc(-n3cc(-c4cc5cc(F)c(F)cc5[nH]c4=O)nn3)cc2)CC1. The molecule has 0 bridgehead atoms. The van der Waals surface area contributed by atoms with E-state index >= 15 is 0 Å². The van der Waals surface area contributed by atoms with E-state index in [1.54, 1.807) is 30.5 Å². The summed E-state index contributed by atoms with van der Waals surface area (Å²) in [7, 11) is 2.03. The summed E-state index contributed by atoms with van der Waals surface area (Å²) in [6.45, 7) is 3.09. The number of aromatic amines is 1. The van der Waals surface area contributed by atoms with Gasteiger partial charge in [0.15, 0.2) is 11.6 Å². The third-order valence-electron chi connectivity index (χ3n) is 5.82. The molecule has 2 aromatic carbocycles. The van der Waals surface area contributed by atoms with Crippen molar-refractivity contribution in [3.8, 4) is 16.9 Å². The van der Waals surface area contributed by atoms with Gasteiger partial charge >= 0.3 is 0 Å². The maximum atomic E-state index is 13.6. The van der Waals surface area contributed by atoms with Gasteiger partial charge in [0.2, 0.25) is 0 Å². The minimum Gasteiger partial charge on any atom is -0.336 e. The van der Waals surface area contributed by atoms with Crippen LogP contribution in [0.1, 0.15) is 10.4 Å². The molecule has 4 aromatic rings. The van der Waals surface area contributed by atoms with Gasteiger partial charge in [0.1, 0.15) is 5.69 Å². The maximum absolute atomic E-state index is 13.6. The second kappa shape index (κ2) is 8.21. The van der Waals surface area contributed by atoms with E-state index < -0.39 is 17.2 Å². The van der Waals surface area contributed by atoms with Gasteiger partial charge in [0.25, 0.3) is 11.5 Å². The number of hydrogen-bond donors (Lipinski definition) is 1. The Kier molecular flexibility index (Phi) is 5.21. The Morgan fingerprint density at radius 1 is 1.00 bits per heavy atom. The number of hydrogen-bond acceptors (Lipinski definition) is 5. The standard InChI is InChI=1S/C23H20F2N6O2/c1-29-6-8-30(9-7-29)23(33)14-2-4-16(5-3-14)31-13-21(27-28-31)17-10-15-11-18(24)19(25)12-20(15)26-22(17)32/h2-5,10-13H,6-9H2,1H3,(H,26,32). The van der Waals surface area contributed by atoms with Crippen molar-refractivity contribution in [2.75, 3.05) is 33.2 Å². The summed E-state index contributed by atoms with van der Waals surface area (Å²) in [5.41, 5.74) is 1.41. The Hall–Kier alpha value is -3.92. The average molecular weight is 450 g/mol. The lowest BCUT2D eigenvalue weighted by atomic mass is 10.1. The third-order valence-corrected chi connectivity index (χ3v) is 5.82. The van der Waals surface area contributed by atoms with Gasteiger partial charge in [0.05, 0.1) is 23.0 Å². The lowest BCUT2D eigenvalue weighted by molar-refractivity contribution is 0.0664. The number of halogens is 2. The Labute approximate surface area is 187 Å². The average Bonchev–Trinajstić information content (AvgIpc) is 3.30. The van der Waals surface area contributed by atoms with Crippen LogP contribution in [-0.2, 0) is 0 Å².